The lowest BCUT2D eigenvalue weighted by atomic mass is 9.76. The van der Waals surface area contributed by atoms with Gasteiger partial charge in [0.25, 0.3) is 5.91 Å². The van der Waals surface area contributed by atoms with E-state index in [1.165, 1.54) is 6.20 Å². The van der Waals surface area contributed by atoms with E-state index in [9.17, 15) is 9.59 Å². The molecule has 0 saturated heterocycles. The van der Waals surface area contributed by atoms with Crippen molar-refractivity contribution in [1.82, 2.24) is 30.5 Å². The molecule has 21 heavy (non-hydrogen) atoms. The van der Waals surface area contributed by atoms with Crippen molar-refractivity contribution < 1.29 is 14.7 Å². The predicted molar refractivity (Wildman–Crippen MR) is 69.7 cm³/mol. The first-order valence-electron chi connectivity index (χ1n) is 6.50. The number of carboxylic acid groups (broad SMARTS) is 1. The van der Waals surface area contributed by atoms with E-state index in [0.29, 0.717) is 24.5 Å². The van der Waals surface area contributed by atoms with Crippen molar-refractivity contribution in [3.63, 3.8) is 0 Å². The number of aromatic carboxylic acids is 1. The minimum absolute atomic E-state index is 0.000683. The highest BCUT2D eigenvalue weighted by Gasteiger charge is 2.43. The molecule has 0 spiro atoms. The number of hydrogen-bond acceptors (Lipinski definition) is 5. The summed E-state index contributed by atoms with van der Waals surface area (Å²) in [4.78, 5) is 33.9. The van der Waals surface area contributed by atoms with Gasteiger partial charge in [0.1, 0.15) is 17.3 Å². The number of amides is 1. The number of hydrogen-bond donors (Lipinski definition) is 4. The zero-order valence-electron chi connectivity index (χ0n) is 11.3. The SMILES string of the molecule is Cc1nc(C(=O)NC2(c3ncc(C(=O)O)[nH]3)CCC2)n[nH]1. The molecule has 9 nitrogen and oxygen atoms in total. The Morgan fingerprint density at radius 2 is 2.19 bits per heavy atom. The molecule has 0 aliphatic heterocycles. The summed E-state index contributed by atoms with van der Waals surface area (Å²) in [6, 6.07) is 0. The number of aromatic amines is 2. The van der Waals surface area contributed by atoms with Crippen LogP contribution in [0, 0.1) is 6.92 Å². The number of rotatable bonds is 4. The second-order valence-corrected chi connectivity index (χ2v) is 5.08. The molecule has 0 bridgehead atoms. The Balaban J connectivity index is 1.83. The van der Waals surface area contributed by atoms with Crippen molar-refractivity contribution in [2.24, 2.45) is 0 Å². The highest BCUT2D eigenvalue weighted by Crippen LogP contribution is 2.39. The first-order chi connectivity index (χ1) is 10.00. The number of nitrogens with one attached hydrogen (secondary N) is 3. The van der Waals surface area contributed by atoms with E-state index in [-0.39, 0.29) is 11.5 Å². The van der Waals surface area contributed by atoms with Crippen LogP contribution in [0.5, 0.6) is 0 Å². The van der Waals surface area contributed by atoms with Crippen LogP contribution in [0.3, 0.4) is 0 Å². The Morgan fingerprint density at radius 1 is 1.43 bits per heavy atom. The number of aromatic nitrogens is 5. The molecule has 9 heteroatoms. The van der Waals surface area contributed by atoms with Gasteiger partial charge < -0.3 is 15.4 Å². The lowest BCUT2D eigenvalue weighted by Crippen LogP contribution is -2.51. The van der Waals surface area contributed by atoms with Crippen LogP contribution >= 0.6 is 0 Å². The maximum absolute atomic E-state index is 12.2. The average Bonchev–Trinajstić information content (AvgIpc) is 3.02. The maximum atomic E-state index is 12.2. The van der Waals surface area contributed by atoms with E-state index >= 15 is 0 Å². The topological polar surface area (TPSA) is 137 Å². The number of carbonyl (C=O) groups excluding carboxylic acids is 1. The lowest BCUT2D eigenvalue weighted by molar-refractivity contribution is 0.0690. The summed E-state index contributed by atoms with van der Waals surface area (Å²) >= 11 is 0. The average molecular weight is 290 g/mol. The highest BCUT2D eigenvalue weighted by molar-refractivity contribution is 5.91. The Morgan fingerprint density at radius 3 is 2.67 bits per heavy atom. The monoisotopic (exact) mass is 290 g/mol. The van der Waals surface area contributed by atoms with Gasteiger partial charge in [-0.15, -0.1) is 5.10 Å². The van der Waals surface area contributed by atoms with Gasteiger partial charge in [-0.3, -0.25) is 9.89 Å². The van der Waals surface area contributed by atoms with E-state index in [1.54, 1.807) is 6.92 Å². The predicted octanol–water partition coefficient (Wildman–Crippen LogP) is 0.344. The van der Waals surface area contributed by atoms with Crippen molar-refractivity contribution >= 4 is 11.9 Å². The van der Waals surface area contributed by atoms with E-state index in [0.717, 1.165) is 6.42 Å². The van der Waals surface area contributed by atoms with Crippen molar-refractivity contribution in [1.29, 1.82) is 0 Å². The van der Waals surface area contributed by atoms with Crippen molar-refractivity contribution in [2.45, 2.75) is 31.7 Å². The third-order valence-electron chi connectivity index (χ3n) is 3.62. The van der Waals surface area contributed by atoms with Gasteiger partial charge in [0.05, 0.1) is 11.7 Å². The number of imidazole rings is 1. The summed E-state index contributed by atoms with van der Waals surface area (Å²) in [7, 11) is 0. The van der Waals surface area contributed by atoms with Gasteiger partial charge in [0.2, 0.25) is 5.82 Å². The third-order valence-corrected chi connectivity index (χ3v) is 3.62. The van der Waals surface area contributed by atoms with E-state index < -0.39 is 17.4 Å². The van der Waals surface area contributed by atoms with Crippen LogP contribution in [0.4, 0.5) is 0 Å². The van der Waals surface area contributed by atoms with Crippen molar-refractivity contribution in [2.75, 3.05) is 0 Å². The van der Waals surface area contributed by atoms with Crippen LogP contribution in [-0.4, -0.2) is 42.1 Å². The van der Waals surface area contributed by atoms with E-state index in [4.69, 9.17) is 5.11 Å². The Labute approximate surface area is 119 Å². The quantitative estimate of drug-likeness (QED) is 0.641. The zero-order valence-corrected chi connectivity index (χ0v) is 11.3. The third kappa shape index (κ3) is 2.26. The fourth-order valence-electron chi connectivity index (χ4n) is 2.34. The summed E-state index contributed by atoms with van der Waals surface area (Å²) < 4.78 is 0. The summed E-state index contributed by atoms with van der Waals surface area (Å²) in [5.41, 5.74) is -0.668. The Kier molecular flexibility index (Phi) is 2.96. The van der Waals surface area contributed by atoms with Crippen LogP contribution in [0.25, 0.3) is 0 Å². The minimum atomic E-state index is -1.08. The summed E-state index contributed by atoms with van der Waals surface area (Å²) in [6.07, 6.45) is 3.56. The molecular weight excluding hydrogens is 276 g/mol. The Bertz CT molecular complexity index is 699. The van der Waals surface area contributed by atoms with Gasteiger partial charge in [-0.1, -0.05) is 0 Å². The van der Waals surface area contributed by atoms with Gasteiger partial charge >= 0.3 is 5.97 Å². The molecule has 3 rings (SSSR count). The molecule has 1 aliphatic rings. The molecule has 0 atom stereocenters. The van der Waals surface area contributed by atoms with Gasteiger partial charge in [-0.25, -0.2) is 14.8 Å². The van der Waals surface area contributed by atoms with E-state index in [2.05, 4.69) is 30.5 Å². The lowest BCUT2D eigenvalue weighted by Gasteiger charge is -2.40. The molecule has 1 fully saturated rings. The zero-order chi connectivity index (χ0) is 15.0. The summed E-state index contributed by atoms with van der Waals surface area (Å²) in [5, 5.41) is 18.2. The van der Waals surface area contributed by atoms with Gasteiger partial charge in [0, 0.05) is 0 Å². The molecule has 4 N–H and O–H groups in total. The van der Waals surface area contributed by atoms with Crippen molar-refractivity contribution in [3.8, 4) is 0 Å². The largest absolute Gasteiger partial charge is 0.477 e. The molecule has 0 aromatic carbocycles. The smallest absolute Gasteiger partial charge is 0.353 e. The molecule has 0 unspecified atom stereocenters. The molecule has 110 valence electrons. The summed E-state index contributed by atoms with van der Waals surface area (Å²) in [6.45, 7) is 1.70. The van der Waals surface area contributed by atoms with Crippen LogP contribution in [0.2, 0.25) is 0 Å². The fraction of sp³-hybridized carbons (Fsp3) is 0.417. The molecule has 2 aromatic heterocycles. The van der Waals surface area contributed by atoms with Gasteiger partial charge in [0.15, 0.2) is 0 Å². The number of H-pyrrole nitrogens is 2. The first kappa shape index (κ1) is 13.3. The fourth-order valence-corrected chi connectivity index (χ4v) is 2.34. The maximum Gasteiger partial charge on any atom is 0.353 e. The molecule has 2 aromatic rings. The number of carboxylic acids is 1. The first-order valence-corrected chi connectivity index (χ1v) is 6.50. The molecule has 0 radical (unpaired) electrons. The van der Waals surface area contributed by atoms with Crippen LogP contribution in [0.15, 0.2) is 6.20 Å². The normalized spacial score (nSPS) is 16.2. The van der Waals surface area contributed by atoms with Crippen LogP contribution in [0.1, 0.15) is 52.0 Å². The minimum Gasteiger partial charge on any atom is -0.477 e. The molecule has 1 aliphatic carbocycles. The molecule has 2 heterocycles. The Hall–Kier alpha value is -2.71. The van der Waals surface area contributed by atoms with Gasteiger partial charge in [-0.2, -0.15) is 0 Å². The number of nitrogens with zero attached hydrogens (tertiary/aromatic N) is 3. The molecule has 1 saturated carbocycles. The van der Waals surface area contributed by atoms with Crippen molar-refractivity contribution in [3.05, 3.63) is 29.4 Å². The summed E-state index contributed by atoms with van der Waals surface area (Å²) in [5.74, 6) is -0.434. The second-order valence-electron chi connectivity index (χ2n) is 5.08. The number of carbonyl (C=O) groups is 2. The number of aryl methyl sites for hydroxylation is 1. The standard InChI is InChI=1S/C12H14N6O3/c1-6-14-8(18-17-6)9(19)16-12(3-2-4-12)11-13-5-7(15-11)10(20)21/h5H,2-4H2,1H3,(H,13,15)(H,16,19)(H,20,21)(H,14,17,18). The second kappa shape index (κ2) is 4.69. The van der Waals surface area contributed by atoms with Crippen LogP contribution in [-0.2, 0) is 5.54 Å². The van der Waals surface area contributed by atoms with Gasteiger partial charge in [-0.05, 0) is 26.2 Å². The van der Waals surface area contributed by atoms with E-state index in [1.807, 2.05) is 0 Å². The van der Waals surface area contributed by atoms with Crippen LogP contribution < -0.4 is 5.32 Å². The molecule has 1 amide bonds. The highest BCUT2D eigenvalue weighted by atomic mass is 16.4. The molecular formula is C12H14N6O3.